The van der Waals surface area contributed by atoms with Gasteiger partial charge in [0, 0.05) is 11.7 Å². The average Bonchev–Trinajstić information content (AvgIpc) is 2.49. The Morgan fingerprint density at radius 1 is 1.19 bits per heavy atom. The van der Waals surface area contributed by atoms with Gasteiger partial charge in [0.15, 0.2) is 0 Å². The summed E-state index contributed by atoms with van der Waals surface area (Å²) in [6, 6.07) is 12.7. The quantitative estimate of drug-likeness (QED) is 0.767. The minimum atomic E-state index is -0.410. The van der Waals surface area contributed by atoms with Crippen LogP contribution < -0.4 is 10.1 Å². The van der Waals surface area contributed by atoms with Crippen LogP contribution in [0.5, 0.6) is 5.75 Å². The molecule has 112 valence electrons. The third kappa shape index (κ3) is 4.36. The van der Waals surface area contributed by atoms with Crippen molar-refractivity contribution < 1.29 is 9.13 Å². The van der Waals surface area contributed by atoms with Gasteiger partial charge in [-0.15, -0.1) is 0 Å². The minimum absolute atomic E-state index is 0.0896. The molecule has 0 bridgehead atoms. The number of ether oxygens (including phenoxy) is 1. The minimum Gasteiger partial charge on any atom is -0.494 e. The first-order valence-corrected chi connectivity index (χ1v) is 7.42. The molecule has 2 aromatic rings. The Balaban J connectivity index is 2.02. The second-order valence-corrected chi connectivity index (χ2v) is 5.32. The molecule has 2 rings (SSSR count). The second-order valence-electron chi connectivity index (χ2n) is 4.91. The van der Waals surface area contributed by atoms with Crippen molar-refractivity contribution in [3.8, 4) is 5.75 Å². The van der Waals surface area contributed by atoms with Crippen molar-refractivity contribution in [2.45, 2.75) is 26.3 Å². The van der Waals surface area contributed by atoms with E-state index in [1.54, 1.807) is 12.1 Å². The highest BCUT2D eigenvalue weighted by molar-refractivity contribution is 6.31. The molecule has 0 fully saturated rings. The van der Waals surface area contributed by atoms with Crippen molar-refractivity contribution in [1.29, 1.82) is 0 Å². The molecular weight excluding hydrogens is 289 g/mol. The van der Waals surface area contributed by atoms with E-state index in [9.17, 15) is 4.39 Å². The molecule has 0 heterocycles. The summed E-state index contributed by atoms with van der Waals surface area (Å²) in [6.07, 6.45) is 0.991. The van der Waals surface area contributed by atoms with Gasteiger partial charge in [0.25, 0.3) is 0 Å². The monoisotopic (exact) mass is 307 g/mol. The SMILES string of the molecule is CCCOc1ccc(C(C)Nc2ccc(F)c(Cl)c2)cc1. The van der Waals surface area contributed by atoms with Crippen LogP contribution >= 0.6 is 11.6 Å². The Bertz CT molecular complexity index is 586. The van der Waals surface area contributed by atoms with Gasteiger partial charge < -0.3 is 10.1 Å². The topological polar surface area (TPSA) is 21.3 Å². The summed E-state index contributed by atoms with van der Waals surface area (Å²) in [7, 11) is 0. The average molecular weight is 308 g/mol. The molecule has 0 aromatic heterocycles. The molecule has 0 aliphatic heterocycles. The fraction of sp³-hybridized carbons (Fsp3) is 0.294. The smallest absolute Gasteiger partial charge is 0.141 e. The second kappa shape index (κ2) is 7.32. The molecule has 0 amide bonds. The van der Waals surface area contributed by atoms with Crippen LogP contribution in [0.4, 0.5) is 10.1 Å². The van der Waals surface area contributed by atoms with Crippen molar-refractivity contribution in [2.75, 3.05) is 11.9 Å². The van der Waals surface area contributed by atoms with Crippen molar-refractivity contribution in [2.24, 2.45) is 0 Å². The Morgan fingerprint density at radius 3 is 2.52 bits per heavy atom. The lowest BCUT2D eigenvalue weighted by Crippen LogP contribution is -2.06. The maximum atomic E-state index is 13.1. The molecule has 0 saturated carbocycles. The Kier molecular flexibility index (Phi) is 5.45. The van der Waals surface area contributed by atoms with Gasteiger partial charge in [-0.2, -0.15) is 0 Å². The van der Waals surface area contributed by atoms with E-state index >= 15 is 0 Å². The van der Waals surface area contributed by atoms with Crippen LogP contribution in [-0.2, 0) is 0 Å². The number of halogens is 2. The number of anilines is 1. The molecule has 2 nitrogen and oxygen atoms in total. The molecule has 1 unspecified atom stereocenters. The number of benzene rings is 2. The first-order chi connectivity index (χ1) is 10.1. The fourth-order valence-corrected chi connectivity index (χ4v) is 2.17. The molecule has 1 N–H and O–H groups in total. The standard InChI is InChI=1S/C17H19ClFNO/c1-3-10-21-15-7-4-13(5-8-15)12(2)20-14-6-9-17(19)16(18)11-14/h4-9,11-12,20H,3,10H2,1-2H3. The van der Waals surface area contributed by atoms with Gasteiger partial charge in [-0.1, -0.05) is 30.7 Å². The van der Waals surface area contributed by atoms with Crippen LogP contribution in [0, 0.1) is 5.82 Å². The number of rotatable bonds is 6. The number of hydrogen-bond acceptors (Lipinski definition) is 2. The van der Waals surface area contributed by atoms with Crippen molar-refractivity contribution in [1.82, 2.24) is 0 Å². The van der Waals surface area contributed by atoms with E-state index in [-0.39, 0.29) is 11.1 Å². The van der Waals surface area contributed by atoms with Crippen LogP contribution in [0.25, 0.3) is 0 Å². The lowest BCUT2D eigenvalue weighted by molar-refractivity contribution is 0.317. The third-order valence-electron chi connectivity index (χ3n) is 3.16. The van der Waals surface area contributed by atoms with E-state index in [0.29, 0.717) is 0 Å². The van der Waals surface area contributed by atoms with Crippen LogP contribution in [0.2, 0.25) is 5.02 Å². The fourth-order valence-electron chi connectivity index (χ4n) is 1.99. The molecule has 21 heavy (non-hydrogen) atoms. The van der Waals surface area contributed by atoms with Gasteiger partial charge in [0.2, 0.25) is 0 Å². The highest BCUT2D eigenvalue weighted by atomic mass is 35.5. The van der Waals surface area contributed by atoms with E-state index in [4.69, 9.17) is 16.3 Å². The maximum absolute atomic E-state index is 13.1. The number of nitrogens with one attached hydrogen (secondary N) is 1. The van der Waals surface area contributed by atoms with Gasteiger partial charge in [-0.25, -0.2) is 4.39 Å². The Labute approximate surface area is 129 Å². The van der Waals surface area contributed by atoms with Gasteiger partial charge in [0.05, 0.1) is 11.6 Å². The largest absolute Gasteiger partial charge is 0.494 e. The molecule has 1 atom stereocenters. The van der Waals surface area contributed by atoms with Crippen molar-refractivity contribution in [3.63, 3.8) is 0 Å². The van der Waals surface area contributed by atoms with E-state index < -0.39 is 5.82 Å². The number of hydrogen-bond donors (Lipinski definition) is 1. The zero-order valence-corrected chi connectivity index (χ0v) is 13.0. The predicted octanol–water partition coefficient (Wildman–Crippen LogP) is 5.44. The van der Waals surface area contributed by atoms with Gasteiger partial charge in [-0.05, 0) is 49.2 Å². The van der Waals surface area contributed by atoms with Crippen molar-refractivity contribution >= 4 is 17.3 Å². The van der Waals surface area contributed by atoms with Crippen molar-refractivity contribution in [3.05, 3.63) is 58.9 Å². The molecule has 0 radical (unpaired) electrons. The molecule has 0 aliphatic rings. The van der Waals surface area contributed by atoms with Crippen LogP contribution in [-0.4, -0.2) is 6.61 Å². The highest BCUT2D eigenvalue weighted by Crippen LogP contribution is 2.24. The zero-order valence-electron chi connectivity index (χ0n) is 12.2. The van der Waals surface area contributed by atoms with E-state index in [0.717, 1.165) is 30.0 Å². The molecular formula is C17H19ClFNO. The summed E-state index contributed by atoms with van der Waals surface area (Å²) in [5, 5.41) is 3.42. The van der Waals surface area contributed by atoms with E-state index in [1.165, 1.54) is 6.07 Å². The third-order valence-corrected chi connectivity index (χ3v) is 3.45. The van der Waals surface area contributed by atoms with Gasteiger partial charge in [0.1, 0.15) is 11.6 Å². The van der Waals surface area contributed by atoms with Crippen LogP contribution in [0.1, 0.15) is 31.9 Å². The molecule has 2 aromatic carbocycles. The summed E-state index contributed by atoms with van der Waals surface area (Å²) in [5.74, 6) is 0.463. The molecule has 0 aliphatic carbocycles. The molecule has 0 saturated heterocycles. The Morgan fingerprint density at radius 2 is 1.90 bits per heavy atom. The predicted molar refractivity (Wildman–Crippen MR) is 85.7 cm³/mol. The Hall–Kier alpha value is -1.74. The van der Waals surface area contributed by atoms with E-state index in [1.807, 2.05) is 31.2 Å². The van der Waals surface area contributed by atoms with Gasteiger partial charge in [-0.3, -0.25) is 0 Å². The summed E-state index contributed by atoms with van der Waals surface area (Å²) >= 11 is 5.78. The van der Waals surface area contributed by atoms with E-state index in [2.05, 4.69) is 12.2 Å². The maximum Gasteiger partial charge on any atom is 0.141 e. The van der Waals surface area contributed by atoms with Crippen LogP contribution in [0.15, 0.2) is 42.5 Å². The van der Waals surface area contributed by atoms with Gasteiger partial charge >= 0.3 is 0 Å². The first-order valence-electron chi connectivity index (χ1n) is 7.04. The zero-order chi connectivity index (χ0) is 15.2. The highest BCUT2D eigenvalue weighted by Gasteiger charge is 2.07. The van der Waals surface area contributed by atoms with Crippen LogP contribution in [0.3, 0.4) is 0 Å². The molecule has 4 heteroatoms. The summed E-state index contributed by atoms with van der Waals surface area (Å²) in [6.45, 7) is 4.84. The lowest BCUT2D eigenvalue weighted by Gasteiger charge is -2.16. The lowest BCUT2D eigenvalue weighted by atomic mass is 10.1. The summed E-state index contributed by atoms with van der Waals surface area (Å²) < 4.78 is 18.7. The summed E-state index contributed by atoms with van der Waals surface area (Å²) in [4.78, 5) is 0. The normalized spacial score (nSPS) is 12.0. The first kappa shape index (κ1) is 15.6. The molecule has 0 spiro atoms. The summed E-state index contributed by atoms with van der Waals surface area (Å²) in [5.41, 5.74) is 1.92.